The highest BCUT2D eigenvalue weighted by Gasteiger charge is 1.96. The van der Waals surface area contributed by atoms with Crippen LogP contribution in [0.1, 0.15) is 64.7 Å². The summed E-state index contributed by atoms with van der Waals surface area (Å²) in [7, 11) is 0. The van der Waals surface area contributed by atoms with Crippen molar-refractivity contribution in [2.45, 2.75) is 70.8 Å². The van der Waals surface area contributed by atoms with E-state index in [0.29, 0.717) is 6.42 Å². The van der Waals surface area contributed by atoms with E-state index >= 15 is 0 Å². The maximum absolute atomic E-state index is 10.3. The normalized spacial score (nSPS) is 13.1. The summed E-state index contributed by atoms with van der Waals surface area (Å²) in [6.07, 6.45) is 12.6. The molecule has 0 fully saturated rings. The van der Waals surface area contributed by atoms with Gasteiger partial charge in [0.2, 0.25) is 0 Å². The number of unbranched alkanes of at least 4 members (excludes halogenated alkanes) is 5. The van der Waals surface area contributed by atoms with Crippen molar-refractivity contribution in [2.75, 3.05) is 0 Å². The molecule has 0 aromatic carbocycles. The molecule has 100 valence electrons. The zero-order chi connectivity index (χ0) is 12.9. The Balaban J connectivity index is 3.10. The number of aliphatic hydroxyl groups is 1. The molecule has 0 bridgehead atoms. The molecule has 0 aliphatic carbocycles. The highest BCUT2D eigenvalue weighted by Crippen LogP contribution is 2.08. The second kappa shape index (κ2) is 11.6. The quantitative estimate of drug-likeness (QED) is 0.430. The van der Waals surface area contributed by atoms with Gasteiger partial charge in [-0.05, 0) is 39.0 Å². The lowest BCUT2D eigenvalue weighted by atomic mass is 10.1. The molecule has 0 heterocycles. The minimum Gasteiger partial charge on any atom is -0.481 e. The fourth-order valence-electron chi connectivity index (χ4n) is 1.64. The number of hydrogen-bond acceptors (Lipinski definition) is 2. The van der Waals surface area contributed by atoms with Crippen molar-refractivity contribution in [1.82, 2.24) is 0 Å². The van der Waals surface area contributed by atoms with Crippen molar-refractivity contribution in [2.24, 2.45) is 0 Å². The molecule has 3 heteroatoms. The third kappa shape index (κ3) is 15.2. The highest BCUT2D eigenvalue weighted by atomic mass is 16.4. The van der Waals surface area contributed by atoms with Gasteiger partial charge in [0.15, 0.2) is 0 Å². The summed E-state index contributed by atoms with van der Waals surface area (Å²) in [5, 5.41) is 17.5. The molecular formula is C14H26O3. The maximum atomic E-state index is 10.3. The van der Waals surface area contributed by atoms with Gasteiger partial charge < -0.3 is 10.2 Å². The van der Waals surface area contributed by atoms with Crippen molar-refractivity contribution >= 4 is 5.97 Å². The van der Waals surface area contributed by atoms with E-state index in [-0.39, 0.29) is 6.10 Å². The van der Waals surface area contributed by atoms with E-state index in [9.17, 15) is 4.79 Å². The first-order chi connectivity index (χ1) is 8.13. The smallest absolute Gasteiger partial charge is 0.303 e. The first kappa shape index (κ1) is 16.2. The van der Waals surface area contributed by atoms with Crippen LogP contribution in [0.3, 0.4) is 0 Å². The molecule has 0 saturated carbocycles. The van der Waals surface area contributed by atoms with E-state index in [0.717, 1.165) is 38.5 Å². The van der Waals surface area contributed by atoms with E-state index in [1.807, 2.05) is 6.92 Å². The summed E-state index contributed by atoms with van der Waals surface area (Å²) in [5.41, 5.74) is 0. The molecule has 0 saturated heterocycles. The number of hydrogen-bond donors (Lipinski definition) is 2. The second-order valence-electron chi connectivity index (χ2n) is 4.60. The van der Waals surface area contributed by atoms with E-state index in [1.165, 1.54) is 12.8 Å². The van der Waals surface area contributed by atoms with Gasteiger partial charge in [-0.25, -0.2) is 0 Å². The molecule has 0 aromatic heterocycles. The Morgan fingerprint density at radius 1 is 1.06 bits per heavy atom. The Bertz CT molecular complexity index is 210. The summed E-state index contributed by atoms with van der Waals surface area (Å²) in [6.45, 7) is 1.81. The second-order valence-corrected chi connectivity index (χ2v) is 4.60. The molecule has 1 atom stereocenters. The summed E-state index contributed by atoms with van der Waals surface area (Å²) < 4.78 is 0. The van der Waals surface area contributed by atoms with Gasteiger partial charge in [0, 0.05) is 6.42 Å². The third-order valence-corrected chi connectivity index (χ3v) is 2.68. The minimum atomic E-state index is -0.689. The topological polar surface area (TPSA) is 57.5 Å². The predicted molar refractivity (Wildman–Crippen MR) is 70.0 cm³/mol. The lowest BCUT2D eigenvalue weighted by Crippen LogP contribution is -1.96. The van der Waals surface area contributed by atoms with Gasteiger partial charge in [0.1, 0.15) is 0 Å². The third-order valence-electron chi connectivity index (χ3n) is 2.68. The lowest BCUT2D eigenvalue weighted by molar-refractivity contribution is -0.137. The molecule has 1 unspecified atom stereocenters. The summed E-state index contributed by atoms with van der Waals surface area (Å²) >= 11 is 0. The van der Waals surface area contributed by atoms with Gasteiger partial charge in [-0.2, -0.15) is 0 Å². The largest absolute Gasteiger partial charge is 0.481 e. The Hall–Kier alpha value is -0.830. The number of carboxylic acid groups (broad SMARTS) is 1. The van der Waals surface area contributed by atoms with Crippen molar-refractivity contribution in [3.05, 3.63) is 12.2 Å². The Labute approximate surface area is 105 Å². The average Bonchev–Trinajstić information content (AvgIpc) is 2.25. The number of aliphatic hydroxyl groups excluding tert-OH is 1. The molecular weight excluding hydrogens is 216 g/mol. The van der Waals surface area contributed by atoms with Crippen molar-refractivity contribution in [1.29, 1.82) is 0 Å². The van der Waals surface area contributed by atoms with Gasteiger partial charge in [0.25, 0.3) is 0 Å². The number of aliphatic carboxylic acids is 1. The average molecular weight is 242 g/mol. The first-order valence-corrected chi connectivity index (χ1v) is 6.67. The molecule has 0 radical (unpaired) electrons. The van der Waals surface area contributed by atoms with E-state index < -0.39 is 5.97 Å². The number of carbonyl (C=O) groups is 1. The molecule has 2 N–H and O–H groups in total. The van der Waals surface area contributed by atoms with Crippen LogP contribution >= 0.6 is 0 Å². The zero-order valence-corrected chi connectivity index (χ0v) is 10.9. The molecule has 17 heavy (non-hydrogen) atoms. The SMILES string of the molecule is CC(O)CC/C=C\CCCCCCCC(=O)O. The van der Waals surface area contributed by atoms with Crippen LogP contribution in [0.5, 0.6) is 0 Å². The Morgan fingerprint density at radius 2 is 1.65 bits per heavy atom. The summed E-state index contributed by atoms with van der Waals surface area (Å²) in [5.74, 6) is -0.689. The van der Waals surface area contributed by atoms with Gasteiger partial charge in [-0.3, -0.25) is 4.79 Å². The van der Waals surface area contributed by atoms with Gasteiger partial charge >= 0.3 is 5.97 Å². The lowest BCUT2D eigenvalue weighted by Gasteiger charge is -1.99. The molecule has 0 rings (SSSR count). The van der Waals surface area contributed by atoms with Crippen LogP contribution in [0.2, 0.25) is 0 Å². The highest BCUT2D eigenvalue weighted by molar-refractivity contribution is 5.66. The standard InChI is InChI=1S/C14H26O3/c1-13(15)11-9-7-5-3-2-4-6-8-10-12-14(16)17/h5,7,13,15H,2-4,6,8-12H2,1H3,(H,16,17)/b7-5-. The number of rotatable bonds is 11. The Kier molecular flexibility index (Phi) is 11.1. The van der Waals surface area contributed by atoms with Crippen LogP contribution in [0.4, 0.5) is 0 Å². The van der Waals surface area contributed by atoms with Crippen LogP contribution in [0.25, 0.3) is 0 Å². The number of allylic oxidation sites excluding steroid dienone is 2. The maximum Gasteiger partial charge on any atom is 0.303 e. The monoisotopic (exact) mass is 242 g/mol. The molecule has 0 amide bonds. The number of carboxylic acids is 1. The fourth-order valence-corrected chi connectivity index (χ4v) is 1.64. The van der Waals surface area contributed by atoms with Crippen LogP contribution < -0.4 is 0 Å². The Morgan fingerprint density at radius 3 is 2.29 bits per heavy atom. The van der Waals surface area contributed by atoms with Gasteiger partial charge in [-0.15, -0.1) is 0 Å². The summed E-state index contributed by atoms with van der Waals surface area (Å²) in [6, 6.07) is 0. The van der Waals surface area contributed by atoms with Crippen molar-refractivity contribution < 1.29 is 15.0 Å². The van der Waals surface area contributed by atoms with E-state index in [2.05, 4.69) is 12.2 Å². The molecule has 0 aliphatic heterocycles. The molecule has 0 aromatic rings. The first-order valence-electron chi connectivity index (χ1n) is 6.67. The van der Waals surface area contributed by atoms with E-state index in [4.69, 9.17) is 10.2 Å². The van der Waals surface area contributed by atoms with Crippen LogP contribution in [-0.4, -0.2) is 22.3 Å². The van der Waals surface area contributed by atoms with Gasteiger partial charge in [0.05, 0.1) is 6.10 Å². The van der Waals surface area contributed by atoms with Crippen LogP contribution in [-0.2, 0) is 4.79 Å². The minimum absolute atomic E-state index is 0.200. The predicted octanol–water partition coefficient (Wildman–Crippen LogP) is 3.52. The van der Waals surface area contributed by atoms with Crippen LogP contribution in [0, 0.1) is 0 Å². The van der Waals surface area contributed by atoms with E-state index in [1.54, 1.807) is 0 Å². The van der Waals surface area contributed by atoms with Gasteiger partial charge in [-0.1, -0.05) is 31.4 Å². The van der Waals surface area contributed by atoms with Crippen molar-refractivity contribution in [3.8, 4) is 0 Å². The molecule has 0 spiro atoms. The molecule has 0 aliphatic rings. The van der Waals surface area contributed by atoms with Crippen molar-refractivity contribution in [3.63, 3.8) is 0 Å². The molecule has 3 nitrogen and oxygen atoms in total. The zero-order valence-electron chi connectivity index (χ0n) is 10.9. The van der Waals surface area contributed by atoms with Crippen LogP contribution in [0.15, 0.2) is 12.2 Å². The fraction of sp³-hybridized carbons (Fsp3) is 0.786. The summed E-state index contributed by atoms with van der Waals surface area (Å²) in [4.78, 5) is 10.3.